The van der Waals surface area contributed by atoms with Crippen LogP contribution in [0.15, 0.2) is 29.8 Å². The summed E-state index contributed by atoms with van der Waals surface area (Å²) < 4.78 is 0. The van der Waals surface area contributed by atoms with Gasteiger partial charge in [-0.1, -0.05) is 40.9 Å². The quantitative estimate of drug-likeness (QED) is 0.838. The number of amides is 1. The van der Waals surface area contributed by atoms with Gasteiger partial charge in [-0.05, 0) is 25.1 Å². The van der Waals surface area contributed by atoms with Gasteiger partial charge in [0.25, 0.3) is 5.91 Å². The largest absolute Gasteiger partial charge is 0.348 e. The fraction of sp³-hybridized carbons (Fsp3) is 0.308. The van der Waals surface area contributed by atoms with Crippen molar-refractivity contribution in [2.45, 2.75) is 6.42 Å². The Labute approximate surface area is 116 Å². The maximum Gasteiger partial charge on any atom is 0.253 e. The molecule has 0 spiro atoms. The van der Waals surface area contributed by atoms with Crippen LogP contribution in [0.3, 0.4) is 0 Å². The first-order valence-corrected chi connectivity index (χ1v) is 6.55. The molecule has 1 aromatic rings. The summed E-state index contributed by atoms with van der Waals surface area (Å²) in [7, 11) is 0. The molecule has 0 saturated heterocycles. The van der Waals surface area contributed by atoms with Crippen molar-refractivity contribution in [3.8, 4) is 0 Å². The summed E-state index contributed by atoms with van der Waals surface area (Å²) in [5, 5.41) is 6.78. The average Bonchev–Trinajstić information content (AvgIpc) is 2.40. The standard InChI is InChI=1S/C13H14Cl2N2O/c14-11-3-1-2-10(12(11)15)13(18)17-8-9-4-6-16-7-5-9/h1-4,16H,5-8H2,(H,17,18). The molecule has 0 aromatic heterocycles. The molecule has 0 unspecified atom stereocenters. The highest BCUT2D eigenvalue weighted by Crippen LogP contribution is 2.25. The summed E-state index contributed by atoms with van der Waals surface area (Å²) in [5.74, 6) is -0.193. The van der Waals surface area contributed by atoms with Crippen LogP contribution >= 0.6 is 23.2 Å². The Balaban J connectivity index is 1.99. The second-order valence-corrected chi connectivity index (χ2v) is 4.89. The summed E-state index contributed by atoms with van der Waals surface area (Å²) in [6.45, 7) is 2.38. The van der Waals surface area contributed by atoms with Gasteiger partial charge in [-0.15, -0.1) is 0 Å². The topological polar surface area (TPSA) is 41.1 Å². The third-order valence-electron chi connectivity index (χ3n) is 2.83. The first-order valence-electron chi connectivity index (χ1n) is 5.79. The predicted molar refractivity (Wildman–Crippen MR) is 74.4 cm³/mol. The molecule has 1 aromatic carbocycles. The van der Waals surface area contributed by atoms with E-state index in [1.165, 1.54) is 5.57 Å². The lowest BCUT2D eigenvalue weighted by Gasteiger charge is -2.15. The fourth-order valence-corrected chi connectivity index (χ4v) is 2.18. The average molecular weight is 285 g/mol. The highest BCUT2D eigenvalue weighted by atomic mass is 35.5. The molecule has 0 atom stereocenters. The van der Waals surface area contributed by atoms with Crippen LogP contribution in [0.5, 0.6) is 0 Å². The van der Waals surface area contributed by atoms with Gasteiger partial charge in [0, 0.05) is 13.1 Å². The van der Waals surface area contributed by atoms with Crippen molar-refractivity contribution in [3.63, 3.8) is 0 Å². The molecule has 1 aliphatic rings. The third-order valence-corrected chi connectivity index (χ3v) is 3.65. The van der Waals surface area contributed by atoms with Gasteiger partial charge < -0.3 is 10.6 Å². The first kappa shape index (κ1) is 13.4. The van der Waals surface area contributed by atoms with Gasteiger partial charge in [-0.3, -0.25) is 4.79 Å². The Hall–Kier alpha value is -1.03. The summed E-state index contributed by atoms with van der Waals surface area (Å²) in [6, 6.07) is 5.04. The molecular weight excluding hydrogens is 271 g/mol. The molecule has 0 fully saturated rings. The van der Waals surface area contributed by atoms with Crippen LogP contribution in [0.25, 0.3) is 0 Å². The van der Waals surface area contributed by atoms with Gasteiger partial charge in [-0.2, -0.15) is 0 Å². The first-order chi connectivity index (χ1) is 8.68. The molecule has 1 aliphatic heterocycles. The van der Waals surface area contributed by atoms with Gasteiger partial charge in [0.15, 0.2) is 0 Å². The Bertz CT molecular complexity index is 486. The molecule has 3 nitrogen and oxygen atoms in total. The van der Waals surface area contributed by atoms with E-state index >= 15 is 0 Å². The van der Waals surface area contributed by atoms with Crippen LogP contribution in [0.1, 0.15) is 16.8 Å². The number of halogens is 2. The van der Waals surface area contributed by atoms with Crippen LogP contribution in [-0.2, 0) is 0 Å². The number of benzene rings is 1. The number of rotatable bonds is 3. The molecular formula is C13H14Cl2N2O. The van der Waals surface area contributed by atoms with Gasteiger partial charge in [0.2, 0.25) is 0 Å². The molecule has 0 saturated carbocycles. The number of hydrogen-bond acceptors (Lipinski definition) is 2. The summed E-state index contributed by atoms with van der Waals surface area (Å²) in [6.07, 6.45) is 3.06. The monoisotopic (exact) mass is 284 g/mol. The molecule has 0 aliphatic carbocycles. The van der Waals surface area contributed by atoms with E-state index in [2.05, 4.69) is 16.7 Å². The van der Waals surface area contributed by atoms with Crippen molar-refractivity contribution in [2.75, 3.05) is 19.6 Å². The fourth-order valence-electron chi connectivity index (χ4n) is 1.80. The maximum absolute atomic E-state index is 12.0. The Morgan fingerprint density at radius 1 is 1.39 bits per heavy atom. The normalized spacial score (nSPS) is 15.1. The smallest absolute Gasteiger partial charge is 0.253 e. The van der Waals surface area contributed by atoms with E-state index in [4.69, 9.17) is 23.2 Å². The number of hydrogen-bond donors (Lipinski definition) is 2. The Kier molecular flexibility index (Phi) is 4.64. The molecule has 96 valence electrons. The minimum absolute atomic E-state index is 0.193. The SMILES string of the molecule is O=C(NCC1=CCNCC1)c1cccc(Cl)c1Cl. The van der Waals surface area contributed by atoms with Gasteiger partial charge in [-0.25, -0.2) is 0 Å². The minimum atomic E-state index is -0.193. The van der Waals surface area contributed by atoms with Gasteiger partial charge in [0.1, 0.15) is 0 Å². The van der Waals surface area contributed by atoms with E-state index in [0.29, 0.717) is 22.2 Å². The second-order valence-electron chi connectivity index (χ2n) is 4.10. The van der Waals surface area contributed by atoms with E-state index in [9.17, 15) is 4.79 Å². The molecule has 1 heterocycles. The molecule has 2 rings (SSSR count). The predicted octanol–water partition coefficient (Wildman–Crippen LogP) is 2.64. The van der Waals surface area contributed by atoms with Crippen LogP contribution < -0.4 is 10.6 Å². The van der Waals surface area contributed by atoms with Crippen molar-refractivity contribution < 1.29 is 4.79 Å². The van der Waals surface area contributed by atoms with Crippen molar-refractivity contribution in [2.24, 2.45) is 0 Å². The summed E-state index contributed by atoms with van der Waals surface area (Å²) in [5.41, 5.74) is 1.65. The lowest BCUT2D eigenvalue weighted by Crippen LogP contribution is -2.29. The molecule has 1 amide bonds. The maximum atomic E-state index is 12.0. The van der Waals surface area contributed by atoms with E-state index in [-0.39, 0.29) is 5.91 Å². The van der Waals surface area contributed by atoms with Gasteiger partial charge >= 0.3 is 0 Å². The summed E-state index contributed by atoms with van der Waals surface area (Å²) >= 11 is 11.9. The number of carbonyl (C=O) groups excluding carboxylic acids is 1. The lowest BCUT2D eigenvalue weighted by atomic mass is 10.1. The van der Waals surface area contributed by atoms with Crippen molar-refractivity contribution >= 4 is 29.1 Å². The van der Waals surface area contributed by atoms with Gasteiger partial charge in [0.05, 0.1) is 15.6 Å². The summed E-state index contributed by atoms with van der Waals surface area (Å²) in [4.78, 5) is 12.0. The lowest BCUT2D eigenvalue weighted by molar-refractivity contribution is 0.0957. The highest BCUT2D eigenvalue weighted by Gasteiger charge is 2.12. The molecule has 18 heavy (non-hydrogen) atoms. The zero-order chi connectivity index (χ0) is 13.0. The van der Waals surface area contributed by atoms with Crippen LogP contribution in [0.4, 0.5) is 0 Å². The zero-order valence-electron chi connectivity index (χ0n) is 9.80. The highest BCUT2D eigenvalue weighted by molar-refractivity contribution is 6.43. The molecule has 2 N–H and O–H groups in total. The number of nitrogens with one attached hydrogen (secondary N) is 2. The van der Waals surface area contributed by atoms with E-state index in [1.54, 1.807) is 18.2 Å². The number of carbonyl (C=O) groups is 1. The van der Waals surface area contributed by atoms with Crippen LogP contribution in [-0.4, -0.2) is 25.5 Å². The molecule has 0 radical (unpaired) electrons. The van der Waals surface area contributed by atoms with Crippen molar-refractivity contribution in [3.05, 3.63) is 45.5 Å². The van der Waals surface area contributed by atoms with E-state index < -0.39 is 0 Å². The van der Waals surface area contributed by atoms with Crippen LogP contribution in [0, 0.1) is 0 Å². The van der Waals surface area contributed by atoms with E-state index in [1.807, 2.05) is 0 Å². The Morgan fingerprint density at radius 2 is 2.22 bits per heavy atom. The van der Waals surface area contributed by atoms with E-state index in [0.717, 1.165) is 19.5 Å². The second kappa shape index (κ2) is 6.23. The minimum Gasteiger partial charge on any atom is -0.348 e. The van der Waals surface area contributed by atoms with Crippen molar-refractivity contribution in [1.29, 1.82) is 0 Å². The van der Waals surface area contributed by atoms with Crippen LogP contribution in [0.2, 0.25) is 10.0 Å². The Morgan fingerprint density at radius 3 is 2.94 bits per heavy atom. The molecule has 5 heteroatoms. The van der Waals surface area contributed by atoms with Crippen molar-refractivity contribution in [1.82, 2.24) is 10.6 Å². The zero-order valence-corrected chi connectivity index (χ0v) is 11.3. The molecule has 0 bridgehead atoms. The third kappa shape index (κ3) is 3.25.